The van der Waals surface area contributed by atoms with E-state index < -0.39 is 5.66 Å². The second-order valence-electron chi connectivity index (χ2n) is 6.27. The lowest BCUT2D eigenvalue weighted by Gasteiger charge is -2.32. The van der Waals surface area contributed by atoms with Gasteiger partial charge in [0.2, 0.25) is 0 Å². The highest BCUT2D eigenvalue weighted by molar-refractivity contribution is 5.83. The normalized spacial score (nSPS) is 21.3. The second-order valence-corrected chi connectivity index (χ2v) is 6.27. The lowest BCUT2D eigenvalue weighted by atomic mass is 9.98. The van der Waals surface area contributed by atoms with E-state index in [1.165, 1.54) is 16.7 Å². The van der Waals surface area contributed by atoms with E-state index >= 15 is 0 Å². The number of aliphatic imine (C=N–C) groups is 1. The molecule has 124 valence electrons. The molecule has 1 unspecified atom stereocenters. The minimum Gasteiger partial charge on any atom is -0.334 e. The fourth-order valence-corrected chi connectivity index (χ4v) is 2.86. The average Bonchev–Trinajstić information content (AvgIpc) is 2.55. The van der Waals surface area contributed by atoms with Crippen molar-refractivity contribution in [3.8, 4) is 0 Å². The molecule has 0 amide bonds. The van der Waals surface area contributed by atoms with Gasteiger partial charge in [0, 0.05) is 19.2 Å². The Morgan fingerprint density at radius 1 is 1.04 bits per heavy atom. The van der Waals surface area contributed by atoms with E-state index in [9.17, 15) is 0 Å². The molecule has 4 heteroatoms. The number of nitrogens with one attached hydrogen (secondary N) is 2. The fourth-order valence-electron chi connectivity index (χ4n) is 2.86. The van der Waals surface area contributed by atoms with Crippen LogP contribution in [0.5, 0.6) is 0 Å². The first-order chi connectivity index (χ1) is 11.6. The van der Waals surface area contributed by atoms with Crippen LogP contribution >= 0.6 is 0 Å². The molecule has 0 radical (unpaired) electrons. The van der Waals surface area contributed by atoms with Gasteiger partial charge in [0.05, 0.1) is 0 Å². The third-order valence-corrected chi connectivity index (χ3v) is 4.04. The number of hydrogen-bond acceptors (Lipinski definition) is 2. The number of benzene rings is 2. The molecule has 1 heterocycles. The zero-order valence-electron chi connectivity index (χ0n) is 14.0. The maximum Gasteiger partial charge on any atom is 0.197 e. The highest BCUT2D eigenvalue weighted by Gasteiger charge is 2.26. The van der Waals surface area contributed by atoms with Crippen LogP contribution in [-0.2, 0) is 12.8 Å². The summed E-state index contributed by atoms with van der Waals surface area (Å²) in [5.74, 6) is 0.726. The van der Waals surface area contributed by atoms with Crippen LogP contribution in [0.3, 0.4) is 0 Å². The van der Waals surface area contributed by atoms with Gasteiger partial charge in [-0.05, 0) is 30.5 Å². The molecule has 0 bridgehead atoms. The quantitative estimate of drug-likeness (QED) is 0.793. The molecule has 0 spiro atoms. The number of hydrogen-bond donors (Lipinski definition) is 3. The van der Waals surface area contributed by atoms with E-state index in [2.05, 4.69) is 71.1 Å². The Labute approximate surface area is 143 Å². The molecule has 2 aromatic carbocycles. The SMILES string of the molecule is Cc1cccc(CC2(N)C=CNC(=NCCc3ccccc3)N2)c1. The molecule has 0 saturated heterocycles. The van der Waals surface area contributed by atoms with Gasteiger partial charge in [0.15, 0.2) is 5.96 Å². The van der Waals surface area contributed by atoms with Crippen molar-refractivity contribution in [1.82, 2.24) is 10.6 Å². The Hall–Kier alpha value is -2.59. The number of aryl methyl sites for hydroxylation is 1. The van der Waals surface area contributed by atoms with Crippen LogP contribution in [0.15, 0.2) is 71.9 Å². The maximum atomic E-state index is 6.50. The summed E-state index contributed by atoms with van der Waals surface area (Å²) in [7, 11) is 0. The first kappa shape index (κ1) is 16.3. The van der Waals surface area contributed by atoms with Crippen molar-refractivity contribution in [2.24, 2.45) is 10.7 Å². The zero-order chi connectivity index (χ0) is 16.8. The molecular formula is C20H24N4. The molecule has 0 aliphatic carbocycles. The summed E-state index contributed by atoms with van der Waals surface area (Å²) in [6.07, 6.45) is 5.44. The summed E-state index contributed by atoms with van der Waals surface area (Å²) in [6, 6.07) is 18.8. The van der Waals surface area contributed by atoms with Crippen molar-refractivity contribution < 1.29 is 0 Å². The average molecular weight is 320 g/mol. The fraction of sp³-hybridized carbons (Fsp3) is 0.250. The van der Waals surface area contributed by atoms with Gasteiger partial charge in [-0.3, -0.25) is 4.99 Å². The maximum absolute atomic E-state index is 6.50. The standard InChI is InChI=1S/C20H24N4/c1-16-6-5-9-18(14-16)15-20(21)11-13-23-19(24-20)22-12-10-17-7-3-2-4-8-17/h2-9,11,13-14H,10,12,15,21H2,1H3,(H2,22,23,24). The minimum atomic E-state index is -0.620. The Bertz CT molecular complexity index is 736. The highest BCUT2D eigenvalue weighted by atomic mass is 15.3. The molecule has 4 nitrogen and oxygen atoms in total. The first-order valence-corrected chi connectivity index (χ1v) is 8.28. The van der Waals surface area contributed by atoms with Gasteiger partial charge in [-0.2, -0.15) is 0 Å². The van der Waals surface area contributed by atoms with Gasteiger partial charge in [-0.25, -0.2) is 0 Å². The highest BCUT2D eigenvalue weighted by Crippen LogP contribution is 2.13. The lowest BCUT2D eigenvalue weighted by Crippen LogP contribution is -2.61. The third kappa shape index (κ3) is 4.46. The van der Waals surface area contributed by atoms with Crippen molar-refractivity contribution in [1.29, 1.82) is 0 Å². The van der Waals surface area contributed by atoms with Gasteiger partial charge >= 0.3 is 0 Å². The molecule has 24 heavy (non-hydrogen) atoms. The minimum absolute atomic E-state index is 0.620. The van der Waals surface area contributed by atoms with Crippen LogP contribution in [0.2, 0.25) is 0 Å². The summed E-state index contributed by atoms with van der Waals surface area (Å²) in [5, 5.41) is 6.45. The van der Waals surface area contributed by atoms with E-state index in [0.717, 1.165) is 12.4 Å². The van der Waals surface area contributed by atoms with Crippen LogP contribution in [0, 0.1) is 6.92 Å². The Kier molecular flexibility index (Phi) is 4.96. The van der Waals surface area contributed by atoms with Gasteiger partial charge in [-0.15, -0.1) is 0 Å². The monoisotopic (exact) mass is 320 g/mol. The number of nitrogens with two attached hydrogens (primary N) is 1. The smallest absolute Gasteiger partial charge is 0.197 e. The van der Waals surface area contributed by atoms with Crippen LogP contribution in [-0.4, -0.2) is 18.2 Å². The van der Waals surface area contributed by atoms with E-state index in [1.54, 1.807) is 0 Å². The number of guanidine groups is 1. The number of nitrogens with zero attached hydrogens (tertiary/aromatic N) is 1. The first-order valence-electron chi connectivity index (χ1n) is 8.28. The molecule has 3 rings (SSSR count). The summed E-state index contributed by atoms with van der Waals surface area (Å²) >= 11 is 0. The molecule has 1 atom stereocenters. The van der Waals surface area contributed by atoms with Crippen molar-refractivity contribution in [3.05, 3.63) is 83.6 Å². The van der Waals surface area contributed by atoms with Gasteiger partial charge in [0.25, 0.3) is 0 Å². The molecule has 0 saturated carbocycles. The van der Waals surface area contributed by atoms with Gasteiger partial charge < -0.3 is 16.4 Å². The predicted octanol–water partition coefficient (Wildman–Crippen LogP) is 2.50. The van der Waals surface area contributed by atoms with E-state index in [0.29, 0.717) is 13.0 Å². The van der Waals surface area contributed by atoms with Crippen molar-refractivity contribution in [2.75, 3.05) is 6.54 Å². The summed E-state index contributed by atoms with van der Waals surface area (Å²) in [6.45, 7) is 2.81. The van der Waals surface area contributed by atoms with Gasteiger partial charge in [-0.1, -0.05) is 60.2 Å². The Morgan fingerprint density at radius 3 is 2.62 bits per heavy atom. The lowest BCUT2D eigenvalue weighted by molar-refractivity contribution is 0.472. The Balaban J connectivity index is 1.61. The number of rotatable bonds is 5. The molecule has 1 aliphatic rings. The van der Waals surface area contributed by atoms with Crippen molar-refractivity contribution >= 4 is 5.96 Å². The molecule has 1 aliphatic heterocycles. The van der Waals surface area contributed by atoms with Crippen LogP contribution < -0.4 is 16.4 Å². The Morgan fingerprint density at radius 2 is 1.83 bits per heavy atom. The molecule has 4 N–H and O–H groups in total. The van der Waals surface area contributed by atoms with Crippen LogP contribution in [0.1, 0.15) is 16.7 Å². The second kappa shape index (κ2) is 7.32. The molecule has 2 aromatic rings. The molecule has 0 fully saturated rings. The van der Waals surface area contributed by atoms with Crippen LogP contribution in [0.4, 0.5) is 0 Å². The molecular weight excluding hydrogens is 296 g/mol. The predicted molar refractivity (Wildman–Crippen MR) is 99.7 cm³/mol. The molecule has 0 aromatic heterocycles. The van der Waals surface area contributed by atoms with E-state index in [-0.39, 0.29) is 0 Å². The summed E-state index contributed by atoms with van der Waals surface area (Å²) in [5.41, 5.74) is 9.61. The summed E-state index contributed by atoms with van der Waals surface area (Å²) < 4.78 is 0. The van der Waals surface area contributed by atoms with E-state index in [4.69, 9.17) is 5.73 Å². The third-order valence-electron chi connectivity index (χ3n) is 4.04. The van der Waals surface area contributed by atoms with Crippen molar-refractivity contribution in [3.63, 3.8) is 0 Å². The van der Waals surface area contributed by atoms with E-state index in [1.807, 2.05) is 18.3 Å². The zero-order valence-corrected chi connectivity index (χ0v) is 14.0. The largest absolute Gasteiger partial charge is 0.334 e. The summed E-state index contributed by atoms with van der Waals surface area (Å²) in [4.78, 5) is 4.60. The topological polar surface area (TPSA) is 62.4 Å². The van der Waals surface area contributed by atoms with Crippen LogP contribution in [0.25, 0.3) is 0 Å². The van der Waals surface area contributed by atoms with Gasteiger partial charge in [0.1, 0.15) is 5.66 Å². The van der Waals surface area contributed by atoms with Crippen molar-refractivity contribution in [2.45, 2.75) is 25.4 Å².